The average Bonchev–Trinajstić information content (AvgIpc) is 3.49. The third-order valence-electron chi connectivity index (χ3n) is 6.42. The molecule has 5 heterocycles. The Morgan fingerprint density at radius 3 is 2.79 bits per heavy atom. The van der Waals surface area contributed by atoms with Crippen LogP contribution in [0.5, 0.6) is 5.88 Å². The Morgan fingerprint density at radius 1 is 1.09 bits per heavy atom. The summed E-state index contributed by atoms with van der Waals surface area (Å²) in [5.41, 5.74) is 6.41. The minimum absolute atomic E-state index is 0.149. The third-order valence-corrected chi connectivity index (χ3v) is 7.21. The molecule has 1 atom stereocenters. The zero-order valence-corrected chi connectivity index (χ0v) is 19.6. The van der Waals surface area contributed by atoms with Crippen molar-refractivity contribution in [2.45, 2.75) is 6.10 Å². The summed E-state index contributed by atoms with van der Waals surface area (Å²) < 4.78 is 12.1. The number of methoxy groups -OCH3 is 1. The van der Waals surface area contributed by atoms with Crippen LogP contribution in [-0.2, 0) is 4.74 Å². The number of amides is 1. The largest absolute Gasteiger partial charge is 0.481 e. The van der Waals surface area contributed by atoms with E-state index in [1.54, 1.807) is 23.3 Å². The van der Waals surface area contributed by atoms with Crippen LogP contribution in [0.15, 0.2) is 48.1 Å². The lowest BCUT2D eigenvalue weighted by molar-refractivity contribution is 0.106. The summed E-state index contributed by atoms with van der Waals surface area (Å²) >= 11 is 1.57. The van der Waals surface area contributed by atoms with Gasteiger partial charge in [-0.1, -0.05) is 0 Å². The molecule has 10 heteroatoms. The Morgan fingerprint density at radius 2 is 1.94 bits per heavy atom. The van der Waals surface area contributed by atoms with Gasteiger partial charge < -0.3 is 14.4 Å². The number of hydrogen-bond acceptors (Lipinski definition) is 9. The average molecular weight is 477 g/mol. The highest BCUT2D eigenvalue weighted by molar-refractivity contribution is 7.16. The number of aromatic nitrogens is 3. The third kappa shape index (κ3) is 3.88. The number of anilines is 2. The van der Waals surface area contributed by atoms with Crippen LogP contribution in [0.2, 0.25) is 0 Å². The lowest BCUT2D eigenvalue weighted by Gasteiger charge is -2.36. The molecule has 2 fully saturated rings. The van der Waals surface area contributed by atoms with Gasteiger partial charge in [-0.2, -0.15) is 0 Å². The van der Waals surface area contributed by atoms with Crippen molar-refractivity contribution in [3.8, 4) is 5.88 Å². The first kappa shape index (κ1) is 21.1. The van der Waals surface area contributed by atoms with Crippen LogP contribution in [0.1, 0.15) is 0 Å². The van der Waals surface area contributed by atoms with Gasteiger partial charge in [0.1, 0.15) is 11.6 Å². The maximum atomic E-state index is 12.6. The molecule has 0 bridgehead atoms. The number of cyclic esters (lactones) is 1. The van der Waals surface area contributed by atoms with E-state index in [-0.39, 0.29) is 12.2 Å². The molecule has 2 aliphatic heterocycles. The number of thiazole rings is 1. The van der Waals surface area contributed by atoms with Crippen molar-refractivity contribution in [3.05, 3.63) is 48.1 Å². The minimum atomic E-state index is -0.282. The molecule has 0 saturated carbocycles. The van der Waals surface area contributed by atoms with Crippen molar-refractivity contribution in [2.75, 3.05) is 56.2 Å². The summed E-state index contributed by atoms with van der Waals surface area (Å²) in [6, 6.07) is 11.7. The van der Waals surface area contributed by atoms with E-state index < -0.39 is 0 Å². The predicted molar refractivity (Wildman–Crippen MR) is 132 cm³/mol. The fourth-order valence-electron chi connectivity index (χ4n) is 4.66. The number of carbonyl (C=O) groups excluding carboxylic acids is 1. The molecule has 9 nitrogen and oxygen atoms in total. The number of piperazine rings is 1. The van der Waals surface area contributed by atoms with Crippen molar-refractivity contribution < 1.29 is 14.3 Å². The number of carbonyl (C=O) groups is 1. The molecule has 1 amide bonds. The number of pyridine rings is 2. The second-order valence-electron chi connectivity index (χ2n) is 8.46. The van der Waals surface area contributed by atoms with Gasteiger partial charge in [0.2, 0.25) is 5.88 Å². The lowest BCUT2D eigenvalue weighted by Crippen LogP contribution is -2.49. The zero-order chi connectivity index (χ0) is 23.1. The number of hydrogen-bond donors (Lipinski definition) is 0. The first-order chi connectivity index (χ1) is 16.7. The summed E-state index contributed by atoms with van der Waals surface area (Å²) in [4.78, 5) is 32.4. The summed E-state index contributed by atoms with van der Waals surface area (Å²) in [7, 11) is 1.62. The van der Waals surface area contributed by atoms with Crippen molar-refractivity contribution in [3.63, 3.8) is 0 Å². The van der Waals surface area contributed by atoms with Crippen LogP contribution in [0.4, 0.5) is 16.2 Å². The molecule has 174 valence electrons. The van der Waals surface area contributed by atoms with E-state index in [9.17, 15) is 4.79 Å². The Bertz CT molecular complexity index is 1350. The van der Waals surface area contributed by atoms with Crippen LogP contribution < -0.4 is 14.5 Å². The highest BCUT2D eigenvalue weighted by Gasteiger charge is 2.34. The number of benzene rings is 1. The number of ether oxygens (including phenoxy) is 2. The first-order valence-electron chi connectivity index (χ1n) is 11.3. The standard InChI is InChI=1S/C24H24N6O3S/c1-32-22-5-4-19-23(27-22)20(6-7-25-19)29-10-8-28(9-11-29)13-17-14-30(24(31)33-17)16-2-3-18-21(12-16)34-15-26-18/h2-7,12,15,17H,8-11,13-14H2,1H3. The predicted octanol–water partition coefficient (Wildman–Crippen LogP) is 3.40. The highest BCUT2D eigenvalue weighted by atomic mass is 32.1. The molecule has 3 aromatic heterocycles. The first-order valence-corrected chi connectivity index (χ1v) is 12.1. The van der Waals surface area contributed by atoms with Gasteiger partial charge >= 0.3 is 6.09 Å². The number of fused-ring (bicyclic) bond motifs is 2. The van der Waals surface area contributed by atoms with Crippen molar-refractivity contribution >= 4 is 50.1 Å². The van der Waals surface area contributed by atoms with E-state index in [1.807, 2.05) is 48.1 Å². The van der Waals surface area contributed by atoms with Crippen molar-refractivity contribution in [1.82, 2.24) is 19.9 Å². The molecule has 4 aromatic rings. The number of rotatable bonds is 5. The molecule has 1 unspecified atom stereocenters. The molecule has 2 saturated heterocycles. The topological polar surface area (TPSA) is 83.9 Å². The van der Waals surface area contributed by atoms with E-state index in [1.165, 1.54) is 0 Å². The number of nitrogens with zero attached hydrogens (tertiary/aromatic N) is 6. The SMILES string of the molecule is COc1ccc2nccc(N3CCN(CC4CN(c5ccc6ncsc6c5)C(=O)O4)CC3)c2n1. The van der Waals surface area contributed by atoms with E-state index in [2.05, 4.69) is 24.8 Å². The molecule has 6 rings (SSSR count). The zero-order valence-electron chi connectivity index (χ0n) is 18.8. The minimum Gasteiger partial charge on any atom is -0.481 e. The second kappa shape index (κ2) is 8.69. The van der Waals surface area contributed by atoms with Gasteiger partial charge in [0.05, 0.1) is 40.6 Å². The van der Waals surface area contributed by atoms with Crippen LogP contribution >= 0.6 is 11.3 Å². The van der Waals surface area contributed by atoms with Crippen LogP contribution in [-0.4, -0.2) is 78.4 Å². The van der Waals surface area contributed by atoms with Crippen LogP contribution in [0.3, 0.4) is 0 Å². The molecule has 2 aliphatic rings. The molecule has 0 radical (unpaired) electrons. The molecule has 1 aromatic carbocycles. The van der Waals surface area contributed by atoms with E-state index in [0.29, 0.717) is 12.4 Å². The molecular weight excluding hydrogens is 452 g/mol. The quantitative estimate of drug-likeness (QED) is 0.433. The Balaban J connectivity index is 1.10. The van der Waals surface area contributed by atoms with Crippen LogP contribution in [0, 0.1) is 0 Å². The molecular formula is C24H24N6O3S. The highest BCUT2D eigenvalue weighted by Crippen LogP contribution is 2.29. The van der Waals surface area contributed by atoms with Gasteiger partial charge in [0.15, 0.2) is 0 Å². The molecule has 34 heavy (non-hydrogen) atoms. The van der Waals surface area contributed by atoms with Gasteiger partial charge in [-0.15, -0.1) is 11.3 Å². The monoisotopic (exact) mass is 476 g/mol. The van der Waals surface area contributed by atoms with Crippen molar-refractivity contribution in [1.29, 1.82) is 0 Å². The summed E-state index contributed by atoms with van der Waals surface area (Å²) in [6.45, 7) is 4.78. The normalized spacial score (nSPS) is 19.2. The summed E-state index contributed by atoms with van der Waals surface area (Å²) in [5, 5.41) is 0. The van der Waals surface area contributed by atoms with Crippen LogP contribution in [0.25, 0.3) is 21.3 Å². The van der Waals surface area contributed by atoms with Crippen molar-refractivity contribution in [2.24, 2.45) is 0 Å². The fraction of sp³-hybridized carbons (Fsp3) is 0.333. The Labute approximate surface area is 200 Å². The summed E-state index contributed by atoms with van der Waals surface area (Å²) in [5.74, 6) is 0.586. The van der Waals surface area contributed by atoms with E-state index in [0.717, 1.165) is 65.3 Å². The Kier molecular flexibility index (Phi) is 5.39. The second-order valence-corrected chi connectivity index (χ2v) is 9.35. The van der Waals surface area contributed by atoms with Gasteiger partial charge in [0.25, 0.3) is 0 Å². The van der Waals surface area contributed by atoms with E-state index >= 15 is 0 Å². The van der Waals surface area contributed by atoms with Gasteiger partial charge in [-0.25, -0.2) is 14.8 Å². The Hall–Kier alpha value is -3.50. The maximum absolute atomic E-state index is 12.6. The molecule has 0 aliphatic carbocycles. The van der Waals surface area contributed by atoms with Gasteiger partial charge in [-0.05, 0) is 30.3 Å². The fourth-order valence-corrected chi connectivity index (χ4v) is 5.37. The maximum Gasteiger partial charge on any atom is 0.414 e. The van der Waals surface area contributed by atoms with Gasteiger partial charge in [0, 0.05) is 50.7 Å². The van der Waals surface area contributed by atoms with Gasteiger partial charge in [-0.3, -0.25) is 14.8 Å². The van der Waals surface area contributed by atoms with E-state index in [4.69, 9.17) is 9.47 Å². The smallest absolute Gasteiger partial charge is 0.414 e. The lowest BCUT2D eigenvalue weighted by atomic mass is 10.2. The molecule has 0 N–H and O–H groups in total. The summed E-state index contributed by atoms with van der Waals surface area (Å²) in [6.07, 6.45) is 1.40. The molecule has 0 spiro atoms.